The lowest BCUT2D eigenvalue weighted by Gasteiger charge is -2.16. The van der Waals surface area contributed by atoms with Crippen molar-refractivity contribution in [3.63, 3.8) is 0 Å². The van der Waals surface area contributed by atoms with Crippen LogP contribution >= 0.6 is 0 Å². The molecule has 0 aliphatic carbocycles. The maximum atomic E-state index is 11.4. The monoisotopic (exact) mass is 191 g/mol. The Labute approximate surface area is 84.9 Å². The maximum absolute atomic E-state index is 11.4. The molecule has 1 aromatic rings. The molecule has 0 bridgehead atoms. The largest absolute Gasteiger partial charge is 0.460 e. The highest BCUT2D eigenvalue weighted by molar-refractivity contribution is 5.76. The van der Waals surface area contributed by atoms with Crippen LogP contribution in [0.4, 0.5) is 0 Å². The highest BCUT2D eigenvalue weighted by atomic mass is 16.5. The fourth-order valence-electron chi connectivity index (χ4n) is 0.918. The van der Waals surface area contributed by atoms with Gasteiger partial charge in [-0.2, -0.15) is 0 Å². The molecule has 0 saturated heterocycles. The van der Waals surface area contributed by atoms with Crippen molar-refractivity contribution in [3.05, 3.63) is 42.8 Å². The number of esters is 1. The molecule has 0 aliphatic rings. The highest BCUT2D eigenvalue weighted by Crippen LogP contribution is 2.15. The standard InChI is InChI=1S/C12H15O2/c1-12(2,3)11(13)14-9-10-7-5-4-6-8-10/h4-8H,1,9H2,2-3H3. The van der Waals surface area contributed by atoms with Gasteiger partial charge in [-0.3, -0.25) is 4.79 Å². The maximum Gasteiger partial charge on any atom is 0.311 e. The Morgan fingerprint density at radius 1 is 1.36 bits per heavy atom. The van der Waals surface area contributed by atoms with Crippen molar-refractivity contribution in [1.82, 2.24) is 0 Å². The molecule has 0 atom stereocenters. The van der Waals surface area contributed by atoms with Gasteiger partial charge in [0.25, 0.3) is 0 Å². The van der Waals surface area contributed by atoms with Crippen LogP contribution in [0.5, 0.6) is 0 Å². The second-order valence-corrected chi connectivity index (χ2v) is 3.95. The smallest absolute Gasteiger partial charge is 0.311 e. The first kappa shape index (κ1) is 10.8. The molecule has 1 rings (SSSR count). The van der Waals surface area contributed by atoms with E-state index < -0.39 is 5.41 Å². The highest BCUT2D eigenvalue weighted by Gasteiger charge is 2.22. The average Bonchev–Trinajstić information content (AvgIpc) is 2.14. The molecule has 0 N–H and O–H groups in total. The van der Waals surface area contributed by atoms with E-state index >= 15 is 0 Å². The number of benzene rings is 1. The Balaban J connectivity index is 2.46. The summed E-state index contributed by atoms with van der Waals surface area (Å²) in [6.45, 7) is 7.50. The first-order valence-electron chi connectivity index (χ1n) is 4.56. The molecule has 0 saturated carbocycles. The van der Waals surface area contributed by atoms with Crippen molar-refractivity contribution < 1.29 is 9.53 Å². The molecular formula is C12H15O2. The first-order chi connectivity index (χ1) is 6.50. The molecule has 0 aromatic heterocycles. The van der Waals surface area contributed by atoms with Gasteiger partial charge in [0, 0.05) is 0 Å². The van der Waals surface area contributed by atoms with E-state index in [1.165, 1.54) is 0 Å². The van der Waals surface area contributed by atoms with Crippen molar-refractivity contribution in [3.8, 4) is 0 Å². The Morgan fingerprint density at radius 2 is 1.93 bits per heavy atom. The number of hydrogen-bond donors (Lipinski definition) is 0. The van der Waals surface area contributed by atoms with Gasteiger partial charge >= 0.3 is 5.97 Å². The van der Waals surface area contributed by atoms with E-state index in [-0.39, 0.29) is 5.97 Å². The summed E-state index contributed by atoms with van der Waals surface area (Å²) in [5.41, 5.74) is 0.319. The van der Waals surface area contributed by atoms with Crippen LogP contribution in [0.3, 0.4) is 0 Å². The molecule has 2 heteroatoms. The second-order valence-electron chi connectivity index (χ2n) is 3.95. The van der Waals surface area contributed by atoms with E-state index in [4.69, 9.17) is 4.74 Å². The van der Waals surface area contributed by atoms with Gasteiger partial charge in [-0.05, 0) is 26.3 Å². The normalized spacial score (nSPS) is 11.1. The summed E-state index contributed by atoms with van der Waals surface area (Å²) in [7, 11) is 0. The fourth-order valence-corrected chi connectivity index (χ4v) is 0.918. The summed E-state index contributed by atoms with van der Waals surface area (Å²) in [6, 6.07) is 9.60. The van der Waals surface area contributed by atoms with Gasteiger partial charge in [-0.25, -0.2) is 0 Å². The van der Waals surface area contributed by atoms with Crippen LogP contribution in [0.15, 0.2) is 30.3 Å². The molecule has 75 valence electrons. The van der Waals surface area contributed by atoms with Crippen LogP contribution in [0.1, 0.15) is 19.4 Å². The summed E-state index contributed by atoms with van der Waals surface area (Å²) in [5, 5.41) is 0. The number of hydrogen-bond acceptors (Lipinski definition) is 2. The second kappa shape index (κ2) is 4.27. The van der Waals surface area contributed by atoms with Gasteiger partial charge < -0.3 is 4.74 Å². The van der Waals surface area contributed by atoms with Gasteiger partial charge in [-0.1, -0.05) is 30.3 Å². The van der Waals surface area contributed by atoms with Crippen molar-refractivity contribution in [1.29, 1.82) is 0 Å². The van der Waals surface area contributed by atoms with Gasteiger partial charge in [-0.15, -0.1) is 0 Å². The van der Waals surface area contributed by atoms with Crippen LogP contribution in [0.25, 0.3) is 0 Å². The molecule has 0 unspecified atom stereocenters. The third-order valence-corrected chi connectivity index (χ3v) is 1.77. The molecule has 14 heavy (non-hydrogen) atoms. The minimum atomic E-state index is -0.672. The molecule has 1 radical (unpaired) electrons. The zero-order chi connectivity index (χ0) is 10.6. The molecule has 0 heterocycles. The average molecular weight is 191 g/mol. The third-order valence-electron chi connectivity index (χ3n) is 1.77. The van der Waals surface area contributed by atoms with E-state index in [1.807, 2.05) is 30.3 Å². The summed E-state index contributed by atoms with van der Waals surface area (Å²) in [4.78, 5) is 11.4. The Kier molecular flexibility index (Phi) is 3.28. The topological polar surface area (TPSA) is 26.3 Å². The van der Waals surface area contributed by atoms with Crippen LogP contribution in [-0.4, -0.2) is 5.97 Å². The van der Waals surface area contributed by atoms with Crippen LogP contribution in [0.2, 0.25) is 0 Å². The molecular weight excluding hydrogens is 176 g/mol. The van der Waals surface area contributed by atoms with Crippen molar-refractivity contribution in [2.75, 3.05) is 0 Å². The van der Waals surface area contributed by atoms with Gasteiger partial charge in [0.15, 0.2) is 0 Å². The zero-order valence-electron chi connectivity index (χ0n) is 8.62. The summed E-state index contributed by atoms with van der Waals surface area (Å²) in [6.07, 6.45) is 0. The summed E-state index contributed by atoms with van der Waals surface area (Å²) >= 11 is 0. The zero-order valence-corrected chi connectivity index (χ0v) is 8.62. The van der Waals surface area contributed by atoms with E-state index in [9.17, 15) is 4.79 Å². The number of rotatable bonds is 3. The van der Waals surface area contributed by atoms with Crippen LogP contribution in [-0.2, 0) is 16.1 Å². The van der Waals surface area contributed by atoms with E-state index in [1.54, 1.807) is 13.8 Å². The molecule has 0 fully saturated rings. The minimum Gasteiger partial charge on any atom is -0.460 e. The van der Waals surface area contributed by atoms with Gasteiger partial charge in [0.05, 0.1) is 5.41 Å². The molecule has 1 aromatic carbocycles. The fraction of sp³-hybridized carbons (Fsp3) is 0.333. The van der Waals surface area contributed by atoms with Crippen molar-refractivity contribution in [2.45, 2.75) is 20.5 Å². The predicted molar refractivity (Wildman–Crippen MR) is 55.4 cm³/mol. The van der Waals surface area contributed by atoms with Crippen LogP contribution < -0.4 is 0 Å². The molecule has 0 spiro atoms. The lowest BCUT2D eigenvalue weighted by Crippen LogP contribution is -2.23. The Bertz CT molecular complexity index is 296. The SMILES string of the molecule is [CH2]C(C)(C)C(=O)OCc1ccccc1. The summed E-state index contributed by atoms with van der Waals surface area (Å²) < 4.78 is 5.09. The van der Waals surface area contributed by atoms with Gasteiger partial charge in [0.2, 0.25) is 0 Å². The van der Waals surface area contributed by atoms with E-state index in [0.29, 0.717) is 6.61 Å². The van der Waals surface area contributed by atoms with Crippen molar-refractivity contribution >= 4 is 5.97 Å². The number of carbonyl (C=O) groups excluding carboxylic acids is 1. The Morgan fingerprint density at radius 3 is 2.43 bits per heavy atom. The van der Waals surface area contributed by atoms with E-state index in [0.717, 1.165) is 5.56 Å². The molecule has 2 nitrogen and oxygen atoms in total. The third kappa shape index (κ3) is 3.21. The lowest BCUT2D eigenvalue weighted by atomic mass is 9.97. The molecule has 0 amide bonds. The van der Waals surface area contributed by atoms with Crippen LogP contribution in [0, 0.1) is 12.3 Å². The lowest BCUT2D eigenvalue weighted by molar-refractivity contribution is -0.152. The Hall–Kier alpha value is -1.31. The predicted octanol–water partition coefficient (Wildman–Crippen LogP) is 2.59. The van der Waals surface area contributed by atoms with Gasteiger partial charge in [0.1, 0.15) is 6.61 Å². The van der Waals surface area contributed by atoms with Crippen molar-refractivity contribution in [2.24, 2.45) is 5.41 Å². The minimum absolute atomic E-state index is 0.277. The number of ether oxygens (including phenoxy) is 1. The quantitative estimate of drug-likeness (QED) is 0.686. The number of carbonyl (C=O) groups is 1. The van der Waals surface area contributed by atoms with E-state index in [2.05, 4.69) is 6.92 Å². The molecule has 0 aliphatic heterocycles. The summed E-state index contributed by atoms with van der Waals surface area (Å²) in [5.74, 6) is -0.277. The first-order valence-corrected chi connectivity index (χ1v) is 4.56.